The van der Waals surface area contributed by atoms with Crippen LogP contribution in [0, 0.1) is 0 Å². The Balaban J connectivity index is 2.68. The molecular weight excluding hydrogens is 300 g/mol. The third-order valence-electron chi connectivity index (χ3n) is 2.51. The number of nitrogens with one attached hydrogen (secondary N) is 1. The van der Waals surface area contributed by atoms with Crippen LogP contribution in [0.1, 0.15) is 24.9 Å². The van der Waals surface area contributed by atoms with Gasteiger partial charge >= 0.3 is 0 Å². The molecule has 1 aromatic rings. The van der Waals surface area contributed by atoms with E-state index in [1.54, 1.807) is 0 Å². The second-order valence-electron chi connectivity index (χ2n) is 3.77. The average molecular weight is 318 g/mol. The Morgan fingerprint density at radius 3 is 2.94 bits per heavy atom. The highest BCUT2D eigenvalue weighted by molar-refractivity contribution is 9.10. The summed E-state index contributed by atoms with van der Waals surface area (Å²) >= 11 is 9.63. The van der Waals surface area contributed by atoms with Crippen LogP contribution >= 0.6 is 27.5 Å². The lowest BCUT2D eigenvalue weighted by Gasteiger charge is -2.18. The van der Waals surface area contributed by atoms with E-state index < -0.39 is 0 Å². The Hall–Kier alpha value is -0.350. The summed E-state index contributed by atoms with van der Waals surface area (Å²) in [5.74, 6) is 0. The highest BCUT2D eigenvalue weighted by atomic mass is 79.9. The Kier molecular flexibility index (Phi) is 6.82. The molecule has 1 unspecified atom stereocenters. The van der Waals surface area contributed by atoms with E-state index in [0.717, 1.165) is 28.0 Å². The second-order valence-corrected chi connectivity index (χ2v) is 5.09. The van der Waals surface area contributed by atoms with Crippen LogP contribution in [0.5, 0.6) is 0 Å². The Bertz CT molecular complexity index is 380. The van der Waals surface area contributed by atoms with Crippen LogP contribution in [-0.4, -0.2) is 13.1 Å². The van der Waals surface area contributed by atoms with E-state index in [9.17, 15) is 0 Å². The van der Waals surface area contributed by atoms with Gasteiger partial charge in [0, 0.05) is 22.1 Å². The molecular formula is C13H18BrClN2. The number of hydrogen-bond acceptors (Lipinski definition) is 2. The molecule has 0 saturated carbocycles. The quantitative estimate of drug-likeness (QED) is 0.621. The number of halogens is 2. The lowest BCUT2D eigenvalue weighted by Crippen LogP contribution is -2.29. The zero-order valence-corrected chi connectivity index (χ0v) is 12.3. The van der Waals surface area contributed by atoms with Crippen LogP contribution in [-0.2, 0) is 0 Å². The van der Waals surface area contributed by atoms with E-state index in [4.69, 9.17) is 17.3 Å². The maximum Gasteiger partial charge on any atom is 0.0459 e. The van der Waals surface area contributed by atoms with E-state index in [1.165, 1.54) is 0 Å². The number of allylic oxidation sites excluding steroid dienone is 1. The van der Waals surface area contributed by atoms with Gasteiger partial charge in [-0.1, -0.05) is 39.7 Å². The average Bonchev–Trinajstić information content (AvgIpc) is 2.33. The smallest absolute Gasteiger partial charge is 0.0459 e. The monoisotopic (exact) mass is 316 g/mol. The Morgan fingerprint density at radius 1 is 1.53 bits per heavy atom. The summed E-state index contributed by atoms with van der Waals surface area (Å²) in [6, 6.07) is 5.93. The van der Waals surface area contributed by atoms with Crippen molar-refractivity contribution in [2.75, 3.05) is 13.1 Å². The molecule has 0 bridgehead atoms. The van der Waals surface area contributed by atoms with Gasteiger partial charge in [0.25, 0.3) is 0 Å². The van der Waals surface area contributed by atoms with Crippen molar-refractivity contribution in [3.63, 3.8) is 0 Å². The molecule has 1 atom stereocenters. The van der Waals surface area contributed by atoms with E-state index in [2.05, 4.69) is 27.3 Å². The van der Waals surface area contributed by atoms with Gasteiger partial charge in [0.15, 0.2) is 0 Å². The molecule has 0 saturated heterocycles. The van der Waals surface area contributed by atoms with Crippen molar-refractivity contribution >= 4 is 27.5 Å². The molecule has 0 fully saturated rings. The van der Waals surface area contributed by atoms with Crippen molar-refractivity contribution < 1.29 is 0 Å². The normalized spacial score (nSPS) is 13.2. The number of benzene rings is 1. The maximum absolute atomic E-state index is 6.18. The first-order valence-corrected chi connectivity index (χ1v) is 6.85. The minimum Gasteiger partial charge on any atom is -0.329 e. The summed E-state index contributed by atoms with van der Waals surface area (Å²) in [4.78, 5) is 0. The van der Waals surface area contributed by atoms with Gasteiger partial charge in [0.1, 0.15) is 0 Å². The topological polar surface area (TPSA) is 38.0 Å². The third-order valence-corrected chi connectivity index (χ3v) is 3.34. The van der Waals surface area contributed by atoms with Crippen LogP contribution in [0.2, 0.25) is 5.02 Å². The molecule has 0 aliphatic heterocycles. The zero-order chi connectivity index (χ0) is 12.7. The highest BCUT2D eigenvalue weighted by Crippen LogP contribution is 2.26. The molecule has 0 aliphatic rings. The molecule has 4 heteroatoms. The van der Waals surface area contributed by atoms with Gasteiger partial charge in [-0.05, 0) is 43.7 Å². The van der Waals surface area contributed by atoms with Crippen molar-refractivity contribution in [3.8, 4) is 0 Å². The van der Waals surface area contributed by atoms with E-state index in [-0.39, 0.29) is 6.04 Å². The zero-order valence-electron chi connectivity index (χ0n) is 9.92. The molecule has 0 amide bonds. The molecule has 3 N–H and O–H groups in total. The minimum atomic E-state index is 0.102. The van der Waals surface area contributed by atoms with Crippen LogP contribution in [0.15, 0.2) is 34.8 Å². The molecule has 0 aliphatic carbocycles. The first-order chi connectivity index (χ1) is 8.19. The first-order valence-electron chi connectivity index (χ1n) is 5.68. The van der Waals surface area contributed by atoms with Crippen molar-refractivity contribution in [3.05, 3.63) is 45.4 Å². The number of hydrogen-bond donors (Lipinski definition) is 2. The minimum absolute atomic E-state index is 0.102. The van der Waals surface area contributed by atoms with Crippen molar-refractivity contribution in [1.82, 2.24) is 5.32 Å². The summed E-state index contributed by atoms with van der Waals surface area (Å²) in [6.45, 7) is 3.45. The summed E-state index contributed by atoms with van der Waals surface area (Å²) < 4.78 is 1.02. The molecule has 1 rings (SSSR count). The largest absolute Gasteiger partial charge is 0.329 e. The lowest BCUT2D eigenvalue weighted by atomic mass is 10.1. The van der Waals surface area contributed by atoms with E-state index >= 15 is 0 Å². The van der Waals surface area contributed by atoms with Crippen molar-refractivity contribution in [1.29, 1.82) is 0 Å². The fourth-order valence-corrected chi connectivity index (χ4v) is 2.24. The fourth-order valence-electron chi connectivity index (χ4n) is 1.61. The molecule has 0 aromatic heterocycles. The Morgan fingerprint density at radius 2 is 2.29 bits per heavy atom. The third kappa shape index (κ3) is 4.80. The van der Waals surface area contributed by atoms with Gasteiger partial charge in [-0.25, -0.2) is 0 Å². The maximum atomic E-state index is 6.18. The van der Waals surface area contributed by atoms with Gasteiger partial charge in [-0.15, -0.1) is 0 Å². The molecule has 1 aromatic carbocycles. The summed E-state index contributed by atoms with van der Waals surface area (Å²) in [7, 11) is 0. The number of rotatable bonds is 6. The van der Waals surface area contributed by atoms with E-state index in [0.29, 0.717) is 6.54 Å². The van der Waals surface area contributed by atoms with E-state index in [1.807, 2.05) is 31.2 Å². The molecule has 0 heterocycles. The van der Waals surface area contributed by atoms with Crippen molar-refractivity contribution in [2.24, 2.45) is 5.73 Å². The first kappa shape index (κ1) is 14.7. The summed E-state index contributed by atoms with van der Waals surface area (Å²) in [6.07, 6.45) is 5.17. The van der Waals surface area contributed by atoms with Gasteiger partial charge in [-0.3, -0.25) is 0 Å². The van der Waals surface area contributed by atoms with Crippen LogP contribution in [0.25, 0.3) is 0 Å². The van der Waals surface area contributed by atoms with Crippen LogP contribution in [0.3, 0.4) is 0 Å². The van der Waals surface area contributed by atoms with Gasteiger partial charge in [0.2, 0.25) is 0 Å². The molecule has 94 valence electrons. The van der Waals surface area contributed by atoms with Crippen LogP contribution in [0.4, 0.5) is 0 Å². The highest BCUT2D eigenvalue weighted by Gasteiger charge is 2.12. The van der Waals surface area contributed by atoms with Gasteiger partial charge < -0.3 is 11.1 Å². The van der Waals surface area contributed by atoms with Crippen molar-refractivity contribution in [2.45, 2.75) is 19.4 Å². The standard InChI is InChI=1S/C13H18BrClN2/c1-2-3-4-7-17-13(9-16)11-8-10(14)5-6-12(11)15/h2-3,5-6,8,13,17H,4,7,9,16H2,1H3/b3-2+. The van der Waals surface area contributed by atoms with Gasteiger partial charge in [-0.2, -0.15) is 0 Å². The molecule has 0 spiro atoms. The number of nitrogens with two attached hydrogens (primary N) is 1. The van der Waals surface area contributed by atoms with Crippen LogP contribution < -0.4 is 11.1 Å². The lowest BCUT2D eigenvalue weighted by molar-refractivity contribution is 0.548. The SMILES string of the molecule is C/C=C/CCNC(CN)c1cc(Br)ccc1Cl. The Labute approximate surface area is 116 Å². The molecule has 17 heavy (non-hydrogen) atoms. The predicted octanol–water partition coefficient (Wildman–Crippen LogP) is 3.66. The second kappa shape index (κ2) is 7.88. The molecule has 0 radical (unpaired) electrons. The predicted molar refractivity (Wildman–Crippen MR) is 78.4 cm³/mol. The fraction of sp³-hybridized carbons (Fsp3) is 0.385. The van der Waals surface area contributed by atoms with Gasteiger partial charge in [0.05, 0.1) is 0 Å². The molecule has 2 nitrogen and oxygen atoms in total. The summed E-state index contributed by atoms with van der Waals surface area (Å²) in [5, 5.41) is 4.16. The summed E-state index contributed by atoms with van der Waals surface area (Å²) in [5.41, 5.74) is 6.83.